The predicted octanol–water partition coefficient (Wildman–Crippen LogP) is 8.15. The van der Waals surface area contributed by atoms with Crippen LogP contribution in [0.1, 0.15) is 24.5 Å². The van der Waals surface area contributed by atoms with Gasteiger partial charge in [-0.05, 0) is 63.8 Å². The Kier molecular flexibility index (Phi) is 6.39. The van der Waals surface area contributed by atoms with Crippen LogP contribution in [0.5, 0.6) is 0 Å². The Hall–Kier alpha value is -3.19. The Bertz CT molecular complexity index is 1060. The Labute approximate surface area is 179 Å². The first-order valence-corrected chi connectivity index (χ1v) is 10.7. The van der Waals surface area contributed by atoms with Crippen LogP contribution in [-0.4, -0.2) is 6.67 Å². The summed E-state index contributed by atoms with van der Waals surface area (Å²) in [6.07, 6.45) is 2.46. The summed E-state index contributed by atoms with van der Waals surface area (Å²) in [5.41, 5.74) is 9.88. The SMILES string of the molecule is CCc1ccc(-c2ccc(-c3ccc(-c4ccc(CCCF)cc4)cc3)cc2)cc1. The summed E-state index contributed by atoms with van der Waals surface area (Å²) < 4.78 is 12.3. The smallest absolute Gasteiger partial charge is 0.0897 e. The number of aryl methyl sites for hydroxylation is 2. The van der Waals surface area contributed by atoms with Gasteiger partial charge >= 0.3 is 0 Å². The zero-order valence-corrected chi connectivity index (χ0v) is 17.4. The topological polar surface area (TPSA) is 0 Å². The van der Waals surface area contributed by atoms with Gasteiger partial charge in [0, 0.05) is 0 Å². The third kappa shape index (κ3) is 4.68. The van der Waals surface area contributed by atoms with Gasteiger partial charge in [0.25, 0.3) is 0 Å². The summed E-state index contributed by atoms with van der Waals surface area (Å²) in [5.74, 6) is 0. The third-order valence-electron chi connectivity index (χ3n) is 5.69. The highest BCUT2D eigenvalue weighted by Crippen LogP contribution is 2.28. The first-order chi connectivity index (χ1) is 14.8. The molecule has 0 bridgehead atoms. The summed E-state index contributed by atoms with van der Waals surface area (Å²) in [6.45, 7) is 1.93. The van der Waals surface area contributed by atoms with Crippen molar-refractivity contribution in [2.24, 2.45) is 0 Å². The molecule has 150 valence electrons. The fraction of sp³-hybridized carbons (Fsp3) is 0.172. The maximum atomic E-state index is 12.3. The Balaban J connectivity index is 1.48. The second-order valence-corrected chi connectivity index (χ2v) is 7.69. The van der Waals surface area contributed by atoms with E-state index in [9.17, 15) is 4.39 Å². The monoisotopic (exact) mass is 394 g/mol. The molecule has 4 rings (SSSR count). The molecule has 4 aromatic carbocycles. The largest absolute Gasteiger partial charge is 0.251 e. The molecular weight excluding hydrogens is 367 g/mol. The molecule has 0 aliphatic rings. The Morgan fingerprint density at radius 2 is 0.767 bits per heavy atom. The molecule has 0 aliphatic heterocycles. The highest BCUT2D eigenvalue weighted by atomic mass is 19.1. The average molecular weight is 395 g/mol. The van der Waals surface area contributed by atoms with Gasteiger partial charge < -0.3 is 0 Å². The first kappa shape index (κ1) is 20.1. The molecule has 1 heteroatoms. The molecular formula is C29H27F. The van der Waals surface area contributed by atoms with Crippen LogP contribution in [0, 0.1) is 0 Å². The minimum atomic E-state index is -0.255. The molecule has 30 heavy (non-hydrogen) atoms. The van der Waals surface area contributed by atoms with Crippen molar-refractivity contribution in [2.45, 2.75) is 26.2 Å². The molecule has 0 N–H and O–H groups in total. The van der Waals surface area contributed by atoms with Crippen molar-refractivity contribution in [3.63, 3.8) is 0 Å². The second-order valence-electron chi connectivity index (χ2n) is 7.69. The van der Waals surface area contributed by atoms with Crippen molar-refractivity contribution in [2.75, 3.05) is 6.67 Å². The predicted molar refractivity (Wildman–Crippen MR) is 126 cm³/mol. The van der Waals surface area contributed by atoms with E-state index in [2.05, 4.69) is 104 Å². The zero-order chi connectivity index (χ0) is 20.8. The standard InChI is InChI=1S/C29H27F/c1-2-22-5-9-24(10-6-22)26-13-17-28(18-14-26)29-19-15-27(16-20-29)25-11-7-23(8-12-25)4-3-21-30/h5-20H,2-4,21H2,1H3. The molecule has 0 fully saturated rings. The maximum absolute atomic E-state index is 12.3. The lowest BCUT2D eigenvalue weighted by atomic mass is 9.97. The molecule has 0 nitrogen and oxygen atoms in total. The van der Waals surface area contributed by atoms with Crippen LogP contribution in [0.15, 0.2) is 97.1 Å². The minimum absolute atomic E-state index is 0.255. The molecule has 0 spiro atoms. The lowest BCUT2D eigenvalue weighted by molar-refractivity contribution is 0.473. The summed E-state index contributed by atoms with van der Waals surface area (Å²) >= 11 is 0. The van der Waals surface area contributed by atoms with E-state index in [1.807, 2.05) is 0 Å². The molecule has 0 saturated carbocycles. The van der Waals surface area contributed by atoms with Gasteiger partial charge in [-0.3, -0.25) is 4.39 Å². The Morgan fingerprint density at radius 1 is 0.467 bits per heavy atom. The number of rotatable bonds is 7. The van der Waals surface area contributed by atoms with Crippen molar-refractivity contribution in [1.29, 1.82) is 0 Å². The van der Waals surface area contributed by atoms with Gasteiger partial charge in [-0.1, -0.05) is 104 Å². The molecule has 0 atom stereocenters. The highest BCUT2D eigenvalue weighted by molar-refractivity contribution is 5.73. The van der Waals surface area contributed by atoms with Gasteiger partial charge in [0.05, 0.1) is 6.67 Å². The summed E-state index contributed by atoms with van der Waals surface area (Å²) in [4.78, 5) is 0. The average Bonchev–Trinajstić information content (AvgIpc) is 2.83. The van der Waals surface area contributed by atoms with Crippen molar-refractivity contribution in [1.82, 2.24) is 0 Å². The molecule has 0 saturated heterocycles. The number of hydrogen-bond acceptors (Lipinski definition) is 0. The zero-order valence-electron chi connectivity index (χ0n) is 17.4. The minimum Gasteiger partial charge on any atom is -0.251 e. The molecule has 0 amide bonds. The van der Waals surface area contributed by atoms with E-state index < -0.39 is 0 Å². The number of alkyl halides is 1. The number of halogens is 1. The maximum Gasteiger partial charge on any atom is 0.0897 e. The van der Waals surface area contributed by atoms with Crippen LogP contribution >= 0.6 is 0 Å². The van der Waals surface area contributed by atoms with Gasteiger partial charge in [0.1, 0.15) is 0 Å². The molecule has 0 radical (unpaired) electrons. The van der Waals surface area contributed by atoms with Crippen molar-refractivity contribution < 1.29 is 4.39 Å². The summed E-state index contributed by atoms with van der Waals surface area (Å²) in [5, 5.41) is 0. The first-order valence-electron chi connectivity index (χ1n) is 10.7. The van der Waals surface area contributed by atoms with Crippen LogP contribution in [0.4, 0.5) is 4.39 Å². The number of hydrogen-bond donors (Lipinski definition) is 0. The molecule has 0 aliphatic carbocycles. The normalized spacial score (nSPS) is 10.9. The lowest BCUT2D eigenvalue weighted by Crippen LogP contribution is -1.87. The van der Waals surface area contributed by atoms with E-state index in [-0.39, 0.29) is 6.67 Å². The van der Waals surface area contributed by atoms with E-state index in [0.29, 0.717) is 6.42 Å². The van der Waals surface area contributed by atoms with Gasteiger partial charge in [0.2, 0.25) is 0 Å². The van der Waals surface area contributed by atoms with Crippen molar-refractivity contribution >= 4 is 0 Å². The van der Waals surface area contributed by atoms with Gasteiger partial charge in [-0.25, -0.2) is 0 Å². The fourth-order valence-corrected chi connectivity index (χ4v) is 3.78. The van der Waals surface area contributed by atoms with E-state index in [1.54, 1.807) is 0 Å². The Morgan fingerprint density at radius 3 is 1.07 bits per heavy atom. The van der Waals surface area contributed by atoms with Crippen LogP contribution in [0.3, 0.4) is 0 Å². The van der Waals surface area contributed by atoms with E-state index in [1.165, 1.54) is 44.5 Å². The molecule has 0 unspecified atom stereocenters. The summed E-state index contributed by atoms with van der Waals surface area (Å²) in [6, 6.07) is 34.7. The second kappa shape index (κ2) is 9.54. The van der Waals surface area contributed by atoms with Crippen LogP contribution < -0.4 is 0 Å². The van der Waals surface area contributed by atoms with Crippen molar-refractivity contribution in [3.05, 3.63) is 108 Å². The van der Waals surface area contributed by atoms with Gasteiger partial charge in [-0.2, -0.15) is 0 Å². The van der Waals surface area contributed by atoms with Gasteiger partial charge in [0.15, 0.2) is 0 Å². The van der Waals surface area contributed by atoms with Crippen LogP contribution in [0.25, 0.3) is 33.4 Å². The van der Waals surface area contributed by atoms with E-state index >= 15 is 0 Å². The van der Waals surface area contributed by atoms with Gasteiger partial charge in [-0.15, -0.1) is 0 Å². The van der Waals surface area contributed by atoms with Crippen molar-refractivity contribution in [3.8, 4) is 33.4 Å². The summed E-state index contributed by atoms with van der Waals surface area (Å²) in [7, 11) is 0. The quantitative estimate of drug-likeness (QED) is 0.297. The van der Waals surface area contributed by atoms with E-state index in [0.717, 1.165) is 12.8 Å². The van der Waals surface area contributed by atoms with E-state index in [4.69, 9.17) is 0 Å². The van der Waals surface area contributed by atoms with Crippen LogP contribution in [-0.2, 0) is 12.8 Å². The third-order valence-corrected chi connectivity index (χ3v) is 5.69. The fourth-order valence-electron chi connectivity index (χ4n) is 3.78. The number of benzene rings is 4. The van der Waals surface area contributed by atoms with Crippen LogP contribution in [0.2, 0.25) is 0 Å². The molecule has 4 aromatic rings. The molecule has 0 heterocycles. The highest BCUT2D eigenvalue weighted by Gasteiger charge is 2.03. The molecule has 0 aromatic heterocycles. The lowest BCUT2D eigenvalue weighted by Gasteiger charge is -2.08.